The highest BCUT2D eigenvalue weighted by molar-refractivity contribution is 5.71. The smallest absolute Gasteiger partial charge is 0.314 e. The fourth-order valence-corrected chi connectivity index (χ4v) is 1.81. The predicted molar refractivity (Wildman–Crippen MR) is 75.8 cm³/mol. The Morgan fingerprint density at radius 2 is 1.94 bits per heavy atom. The van der Waals surface area contributed by atoms with Gasteiger partial charge in [0.2, 0.25) is 0 Å². The third-order valence-electron chi connectivity index (χ3n) is 3.31. The van der Waals surface area contributed by atoms with Crippen molar-refractivity contribution in [2.75, 3.05) is 13.6 Å². The van der Waals surface area contributed by atoms with Crippen LogP contribution in [0.4, 0.5) is 4.79 Å². The van der Waals surface area contributed by atoms with Crippen molar-refractivity contribution in [1.29, 1.82) is 0 Å². The zero-order valence-corrected chi connectivity index (χ0v) is 12.1. The minimum absolute atomic E-state index is 0.151. The van der Waals surface area contributed by atoms with Gasteiger partial charge in [-0.2, -0.15) is 0 Å². The van der Waals surface area contributed by atoms with Crippen molar-refractivity contribution < 1.29 is 4.79 Å². The second-order valence-electron chi connectivity index (χ2n) is 5.90. The van der Waals surface area contributed by atoms with Gasteiger partial charge in [-0.15, -0.1) is 0 Å². The van der Waals surface area contributed by atoms with Gasteiger partial charge in [0.05, 0.1) is 0 Å². The first-order chi connectivity index (χ1) is 8.21. The van der Waals surface area contributed by atoms with E-state index in [0.717, 1.165) is 6.42 Å². The molecule has 0 aliphatic rings. The molecule has 0 unspecified atom stereocenters. The highest BCUT2D eigenvalue weighted by Crippen LogP contribution is 2.24. The lowest BCUT2D eigenvalue weighted by atomic mass is 9.85. The molecule has 0 aromatic heterocycles. The summed E-state index contributed by atoms with van der Waals surface area (Å²) in [5.74, 6) is 0. The van der Waals surface area contributed by atoms with Crippen LogP contribution in [0.1, 0.15) is 37.5 Å². The highest BCUT2D eigenvalue weighted by Gasteiger charge is 2.15. The molecule has 18 heavy (non-hydrogen) atoms. The third-order valence-corrected chi connectivity index (χ3v) is 3.31. The molecule has 100 valence electrons. The van der Waals surface area contributed by atoms with E-state index in [-0.39, 0.29) is 11.4 Å². The lowest BCUT2D eigenvalue weighted by molar-refractivity contribution is 0.219. The predicted octanol–water partition coefficient (Wildman–Crippen LogP) is 2.85. The Balaban J connectivity index is 2.85. The zero-order chi connectivity index (χ0) is 13.9. The number of primary amides is 1. The van der Waals surface area contributed by atoms with E-state index < -0.39 is 0 Å². The molecule has 0 atom stereocenters. The van der Waals surface area contributed by atoms with E-state index in [0.29, 0.717) is 6.54 Å². The van der Waals surface area contributed by atoms with E-state index in [1.807, 2.05) is 0 Å². The van der Waals surface area contributed by atoms with E-state index in [9.17, 15) is 4.79 Å². The summed E-state index contributed by atoms with van der Waals surface area (Å²) in [6.45, 7) is 9.38. The maximum absolute atomic E-state index is 11.0. The Kier molecular flexibility index (Phi) is 4.38. The van der Waals surface area contributed by atoms with E-state index >= 15 is 0 Å². The molecule has 0 radical (unpaired) electrons. The highest BCUT2D eigenvalue weighted by atomic mass is 16.2. The van der Waals surface area contributed by atoms with E-state index in [1.165, 1.54) is 16.7 Å². The van der Waals surface area contributed by atoms with Crippen LogP contribution >= 0.6 is 0 Å². The average Bonchev–Trinajstić information content (AvgIpc) is 2.25. The number of carbonyl (C=O) groups is 1. The molecule has 0 heterocycles. The molecule has 0 fully saturated rings. The summed E-state index contributed by atoms with van der Waals surface area (Å²) >= 11 is 0. The van der Waals surface area contributed by atoms with Crippen molar-refractivity contribution in [3.63, 3.8) is 0 Å². The molecule has 0 aliphatic heterocycles. The number of benzene rings is 1. The van der Waals surface area contributed by atoms with Crippen LogP contribution in [0.2, 0.25) is 0 Å². The molecular formula is C15H24N2O. The second kappa shape index (κ2) is 5.42. The Morgan fingerprint density at radius 1 is 1.33 bits per heavy atom. The summed E-state index contributed by atoms with van der Waals surface area (Å²) < 4.78 is 0. The summed E-state index contributed by atoms with van der Waals surface area (Å²) in [6, 6.07) is 6.20. The number of likely N-dealkylation sites (N-methyl/N-ethyl adjacent to an activating group) is 1. The number of nitrogens with two attached hydrogens (primary N) is 1. The molecule has 0 aliphatic carbocycles. The lowest BCUT2D eigenvalue weighted by Crippen LogP contribution is -2.33. The van der Waals surface area contributed by atoms with Crippen LogP contribution in [0.15, 0.2) is 18.2 Å². The molecule has 2 amide bonds. The van der Waals surface area contributed by atoms with Gasteiger partial charge in [0.25, 0.3) is 0 Å². The number of hydrogen-bond acceptors (Lipinski definition) is 1. The summed E-state index contributed by atoms with van der Waals surface area (Å²) in [5, 5.41) is 0. The Labute approximate surface area is 110 Å². The topological polar surface area (TPSA) is 46.3 Å². The van der Waals surface area contributed by atoms with Gasteiger partial charge in [-0.25, -0.2) is 4.79 Å². The normalized spacial score (nSPS) is 11.4. The zero-order valence-electron chi connectivity index (χ0n) is 12.1. The lowest BCUT2D eigenvalue weighted by Gasteiger charge is -2.21. The van der Waals surface area contributed by atoms with Crippen LogP contribution in [0.3, 0.4) is 0 Å². The molecule has 1 aromatic rings. The molecule has 2 N–H and O–H groups in total. The Hall–Kier alpha value is -1.51. The number of carbonyl (C=O) groups excluding carboxylic acids is 1. The van der Waals surface area contributed by atoms with Crippen LogP contribution in [-0.2, 0) is 11.8 Å². The van der Waals surface area contributed by atoms with Crippen LogP contribution in [-0.4, -0.2) is 24.5 Å². The fourth-order valence-electron chi connectivity index (χ4n) is 1.81. The van der Waals surface area contributed by atoms with Gasteiger partial charge in [-0.05, 0) is 35.4 Å². The molecule has 3 heteroatoms. The van der Waals surface area contributed by atoms with Crippen molar-refractivity contribution in [3.05, 3.63) is 34.9 Å². The van der Waals surface area contributed by atoms with Crippen molar-refractivity contribution >= 4 is 6.03 Å². The maximum Gasteiger partial charge on any atom is 0.314 e. The summed E-state index contributed by atoms with van der Waals surface area (Å²) in [6.07, 6.45) is 0.842. The first-order valence-corrected chi connectivity index (χ1v) is 6.32. The minimum Gasteiger partial charge on any atom is -0.351 e. The number of nitrogens with zero attached hydrogens (tertiary/aromatic N) is 1. The van der Waals surface area contributed by atoms with Gasteiger partial charge in [0.15, 0.2) is 0 Å². The van der Waals surface area contributed by atoms with Gasteiger partial charge in [-0.3, -0.25) is 0 Å². The molecule has 0 spiro atoms. The van der Waals surface area contributed by atoms with Gasteiger partial charge < -0.3 is 10.6 Å². The van der Waals surface area contributed by atoms with Crippen molar-refractivity contribution in [2.24, 2.45) is 5.73 Å². The standard InChI is InChI=1S/C15H24N2O/c1-11-6-7-13(15(2,3)4)10-12(11)8-9-17(5)14(16)18/h6-7,10H,8-9H2,1-5H3,(H2,16,18). The van der Waals surface area contributed by atoms with Crippen LogP contribution in [0, 0.1) is 6.92 Å². The number of rotatable bonds is 3. The number of urea groups is 1. The van der Waals surface area contributed by atoms with Crippen LogP contribution in [0.5, 0.6) is 0 Å². The number of amides is 2. The summed E-state index contributed by atoms with van der Waals surface area (Å²) in [5.41, 5.74) is 9.25. The SMILES string of the molecule is Cc1ccc(C(C)(C)C)cc1CCN(C)C(N)=O. The fraction of sp³-hybridized carbons (Fsp3) is 0.533. The third kappa shape index (κ3) is 3.76. The number of aryl methyl sites for hydroxylation is 1. The Morgan fingerprint density at radius 3 is 2.44 bits per heavy atom. The van der Waals surface area contributed by atoms with Crippen molar-refractivity contribution in [1.82, 2.24) is 4.90 Å². The molecule has 0 bridgehead atoms. The van der Waals surface area contributed by atoms with Gasteiger partial charge >= 0.3 is 6.03 Å². The minimum atomic E-state index is -0.375. The first-order valence-electron chi connectivity index (χ1n) is 6.32. The van der Waals surface area contributed by atoms with Crippen molar-refractivity contribution in [2.45, 2.75) is 39.5 Å². The molecule has 0 saturated carbocycles. The average molecular weight is 248 g/mol. The quantitative estimate of drug-likeness (QED) is 0.878. The summed E-state index contributed by atoms with van der Waals surface area (Å²) in [4.78, 5) is 12.5. The molecule has 3 nitrogen and oxygen atoms in total. The van der Waals surface area contributed by atoms with Crippen LogP contribution < -0.4 is 5.73 Å². The monoisotopic (exact) mass is 248 g/mol. The largest absolute Gasteiger partial charge is 0.351 e. The van der Waals surface area contributed by atoms with Crippen molar-refractivity contribution in [3.8, 4) is 0 Å². The maximum atomic E-state index is 11.0. The van der Waals surface area contributed by atoms with E-state index in [2.05, 4.69) is 45.9 Å². The first kappa shape index (κ1) is 14.6. The molecule has 1 rings (SSSR count). The summed E-state index contributed by atoms with van der Waals surface area (Å²) in [7, 11) is 1.73. The van der Waals surface area contributed by atoms with Gasteiger partial charge in [-0.1, -0.05) is 39.0 Å². The van der Waals surface area contributed by atoms with Crippen LogP contribution in [0.25, 0.3) is 0 Å². The Bertz CT molecular complexity index is 433. The second-order valence-corrected chi connectivity index (χ2v) is 5.90. The molecule has 0 saturated heterocycles. The number of hydrogen-bond donors (Lipinski definition) is 1. The molecule has 1 aromatic carbocycles. The van der Waals surface area contributed by atoms with E-state index in [1.54, 1.807) is 11.9 Å². The van der Waals surface area contributed by atoms with Gasteiger partial charge in [0, 0.05) is 13.6 Å². The van der Waals surface area contributed by atoms with Gasteiger partial charge in [0.1, 0.15) is 0 Å². The molecular weight excluding hydrogens is 224 g/mol. The van der Waals surface area contributed by atoms with E-state index in [4.69, 9.17) is 5.73 Å².